The molecule has 3 nitrogen and oxygen atoms in total. The van der Waals surface area contributed by atoms with Gasteiger partial charge in [0.05, 0.1) is 6.04 Å². The number of nitrogens with zero attached hydrogens (tertiary/aromatic N) is 1. The molecule has 2 aliphatic rings. The van der Waals surface area contributed by atoms with Crippen molar-refractivity contribution in [1.29, 1.82) is 0 Å². The van der Waals surface area contributed by atoms with Gasteiger partial charge < -0.3 is 10.6 Å². The van der Waals surface area contributed by atoms with Crippen LogP contribution in [0.2, 0.25) is 0 Å². The van der Waals surface area contributed by atoms with Gasteiger partial charge >= 0.3 is 0 Å². The first-order valence-electron chi connectivity index (χ1n) is 10.2. The highest BCUT2D eigenvalue weighted by Gasteiger charge is 2.23. The molecular formula is C23H27F2N3. The van der Waals surface area contributed by atoms with Gasteiger partial charge in [0.25, 0.3) is 0 Å². The molecule has 5 heteroatoms. The van der Waals surface area contributed by atoms with Gasteiger partial charge in [0.1, 0.15) is 11.6 Å². The lowest BCUT2D eigenvalue weighted by Gasteiger charge is -2.25. The van der Waals surface area contributed by atoms with Crippen molar-refractivity contribution in [3.8, 4) is 11.1 Å². The van der Waals surface area contributed by atoms with E-state index in [4.69, 9.17) is 0 Å². The fourth-order valence-electron chi connectivity index (χ4n) is 3.98. The van der Waals surface area contributed by atoms with Gasteiger partial charge in [0, 0.05) is 53.3 Å². The summed E-state index contributed by atoms with van der Waals surface area (Å²) < 4.78 is 29.8. The van der Waals surface area contributed by atoms with Gasteiger partial charge in [-0.3, -0.25) is 4.98 Å². The fraction of sp³-hybridized carbons (Fsp3) is 0.435. The molecule has 0 radical (unpaired) electrons. The molecule has 1 aliphatic carbocycles. The third-order valence-electron chi connectivity index (χ3n) is 6.02. The van der Waals surface area contributed by atoms with Gasteiger partial charge in [-0.15, -0.1) is 0 Å². The summed E-state index contributed by atoms with van der Waals surface area (Å²) in [7, 11) is 0. The average Bonchev–Trinajstić information content (AvgIpc) is 3.09. The van der Waals surface area contributed by atoms with Crippen molar-refractivity contribution in [2.45, 2.75) is 64.0 Å². The van der Waals surface area contributed by atoms with E-state index in [1.807, 2.05) is 19.2 Å². The molecule has 4 rings (SSSR count). The zero-order valence-electron chi connectivity index (χ0n) is 16.4. The number of halogens is 2. The van der Waals surface area contributed by atoms with E-state index < -0.39 is 11.6 Å². The lowest BCUT2D eigenvalue weighted by atomic mass is 9.82. The Hall–Kier alpha value is -2.43. The van der Waals surface area contributed by atoms with Crippen molar-refractivity contribution in [2.75, 3.05) is 0 Å². The Kier molecular flexibility index (Phi) is 5.33. The van der Waals surface area contributed by atoms with Gasteiger partial charge in [-0.05, 0) is 56.0 Å². The van der Waals surface area contributed by atoms with Crippen molar-refractivity contribution in [3.05, 3.63) is 65.3 Å². The summed E-state index contributed by atoms with van der Waals surface area (Å²) in [4.78, 5) is 4.42. The van der Waals surface area contributed by atoms with Crippen molar-refractivity contribution in [1.82, 2.24) is 15.6 Å². The topological polar surface area (TPSA) is 37.0 Å². The summed E-state index contributed by atoms with van der Waals surface area (Å²) in [6, 6.07) is 6.40. The smallest absolute Gasteiger partial charge is 0.131 e. The third kappa shape index (κ3) is 3.75. The van der Waals surface area contributed by atoms with Gasteiger partial charge in [0.15, 0.2) is 0 Å². The normalized spacial score (nSPS) is 20.3. The molecule has 148 valence electrons. The summed E-state index contributed by atoms with van der Waals surface area (Å²) in [6.45, 7) is 3.99. The first kappa shape index (κ1) is 18.9. The minimum atomic E-state index is -0.402. The number of nitrogens with one attached hydrogen (secondary N) is 2. The molecule has 0 saturated heterocycles. The van der Waals surface area contributed by atoms with E-state index in [0.717, 1.165) is 37.1 Å². The first-order chi connectivity index (χ1) is 13.5. The maximum atomic E-state index is 14.9. The Balaban J connectivity index is 1.55. The predicted octanol–water partition coefficient (Wildman–Crippen LogP) is 5.56. The van der Waals surface area contributed by atoms with Crippen LogP contribution in [0.15, 0.2) is 42.4 Å². The predicted molar refractivity (Wildman–Crippen MR) is 108 cm³/mol. The van der Waals surface area contributed by atoms with Crippen LogP contribution in [-0.4, -0.2) is 11.0 Å². The molecule has 0 bridgehead atoms. The summed E-state index contributed by atoms with van der Waals surface area (Å²) >= 11 is 0. The molecule has 1 aromatic heterocycles. The molecule has 28 heavy (non-hydrogen) atoms. The van der Waals surface area contributed by atoms with Crippen LogP contribution in [0.5, 0.6) is 0 Å². The van der Waals surface area contributed by atoms with E-state index in [1.54, 1.807) is 12.3 Å². The maximum absolute atomic E-state index is 14.9. The molecule has 1 saturated carbocycles. The van der Waals surface area contributed by atoms with Crippen LogP contribution in [0, 0.1) is 11.6 Å². The molecule has 1 aliphatic heterocycles. The molecule has 0 amide bonds. The molecule has 2 unspecified atom stereocenters. The Labute approximate surface area is 165 Å². The number of hydrogen-bond acceptors (Lipinski definition) is 3. The molecule has 2 N–H and O–H groups in total. The second-order valence-corrected chi connectivity index (χ2v) is 7.96. The summed E-state index contributed by atoms with van der Waals surface area (Å²) in [5, 5.41) is 6.60. The average molecular weight is 383 g/mol. The monoisotopic (exact) mass is 383 g/mol. The Morgan fingerprint density at radius 2 is 2.04 bits per heavy atom. The van der Waals surface area contributed by atoms with Crippen LogP contribution in [0.3, 0.4) is 0 Å². The highest BCUT2D eigenvalue weighted by molar-refractivity contribution is 5.65. The lowest BCUT2D eigenvalue weighted by Crippen LogP contribution is -2.20. The van der Waals surface area contributed by atoms with Crippen LogP contribution in [0.4, 0.5) is 8.78 Å². The minimum Gasteiger partial charge on any atom is -0.386 e. The molecule has 1 aromatic carbocycles. The summed E-state index contributed by atoms with van der Waals surface area (Å²) in [5.74, 6) is -0.339. The van der Waals surface area contributed by atoms with Crippen LogP contribution < -0.4 is 10.6 Å². The second-order valence-electron chi connectivity index (χ2n) is 7.96. The van der Waals surface area contributed by atoms with E-state index in [-0.39, 0.29) is 6.04 Å². The van der Waals surface area contributed by atoms with E-state index in [2.05, 4.69) is 22.5 Å². The van der Waals surface area contributed by atoms with Gasteiger partial charge in [-0.25, -0.2) is 8.78 Å². The van der Waals surface area contributed by atoms with Crippen LogP contribution in [0.1, 0.15) is 69.2 Å². The standard InChI is InChI=1S/C23H27F2N3/c1-3-17-10-18(13-27-17)28-14(2)19-11-22(25)20(12-21(19)24)16-7-8-26-23(9-16)15-5-4-6-15/h7-9,11-15,17,27-28H,3-6,10H2,1-2H3. The number of pyridine rings is 1. The molecule has 2 aromatic rings. The fourth-order valence-corrected chi connectivity index (χ4v) is 3.98. The number of hydrogen-bond donors (Lipinski definition) is 2. The van der Waals surface area contributed by atoms with E-state index in [1.165, 1.54) is 18.6 Å². The molecule has 2 atom stereocenters. The van der Waals surface area contributed by atoms with E-state index in [9.17, 15) is 8.78 Å². The first-order valence-corrected chi connectivity index (χ1v) is 10.2. The quantitative estimate of drug-likeness (QED) is 0.686. The van der Waals surface area contributed by atoms with E-state index in [0.29, 0.717) is 28.7 Å². The molecule has 2 heterocycles. The highest BCUT2D eigenvalue weighted by atomic mass is 19.1. The second kappa shape index (κ2) is 7.90. The molecular weight excluding hydrogens is 356 g/mol. The maximum Gasteiger partial charge on any atom is 0.131 e. The summed E-state index contributed by atoms with van der Waals surface area (Å²) in [5.41, 5.74) is 3.34. The van der Waals surface area contributed by atoms with Gasteiger partial charge in [0.2, 0.25) is 0 Å². The number of benzene rings is 1. The highest BCUT2D eigenvalue weighted by Crippen LogP contribution is 2.37. The third-order valence-corrected chi connectivity index (χ3v) is 6.02. The van der Waals surface area contributed by atoms with Crippen LogP contribution in [0.25, 0.3) is 11.1 Å². The minimum absolute atomic E-state index is 0.296. The van der Waals surface area contributed by atoms with Crippen molar-refractivity contribution >= 4 is 0 Å². The zero-order valence-corrected chi connectivity index (χ0v) is 16.4. The van der Waals surface area contributed by atoms with Crippen molar-refractivity contribution in [3.63, 3.8) is 0 Å². The van der Waals surface area contributed by atoms with Gasteiger partial charge in [-0.2, -0.15) is 0 Å². The Bertz CT molecular complexity index is 889. The van der Waals surface area contributed by atoms with Gasteiger partial charge in [-0.1, -0.05) is 13.3 Å². The number of aromatic nitrogens is 1. The SMILES string of the molecule is CCC1CC(NC(C)c2cc(F)c(-c3ccnc(C4CCC4)c3)cc2F)=CN1. The Morgan fingerprint density at radius 3 is 2.71 bits per heavy atom. The Morgan fingerprint density at radius 1 is 1.21 bits per heavy atom. The van der Waals surface area contributed by atoms with Crippen LogP contribution in [-0.2, 0) is 0 Å². The molecule has 0 spiro atoms. The van der Waals surface area contributed by atoms with Crippen LogP contribution >= 0.6 is 0 Å². The van der Waals surface area contributed by atoms with Crippen molar-refractivity contribution < 1.29 is 8.78 Å². The summed E-state index contributed by atoms with van der Waals surface area (Å²) in [6.07, 6.45) is 9.00. The molecule has 1 fully saturated rings. The largest absolute Gasteiger partial charge is 0.386 e. The zero-order chi connectivity index (χ0) is 19.7. The van der Waals surface area contributed by atoms with E-state index >= 15 is 0 Å². The van der Waals surface area contributed by atoms with Crippen molar-refractivity contribution in [2.24, 2.45) is 0 Å². The number of rotatable bonds is 6. The lowest BCUT2D eigenvalue weighted by molar-refractivity contribution is 0.411.